The van der Waals surface area contributed by atoms with Crippen LogP contribution in [0.15, 0.2) is 18.2 Å². The normalized spacial score (nSPS) is 15.8. The predicted octanol–water partition coefficient (Wildman–Crippen LogP) is 1.68. The van der Waals surface area contributed by atoms with Gasteiger partial charge in [-0.3, -0.25) is 10.1 Å². The first-order valence-electron chi connectivity index (χ1n) is 6.16. The van der Waals surface area contributed by atoms with Gasteiger partial charge in [-0.05, 0) is 32.0 Å². The summed E-state index contributed by atoms with van der Waals surface area (Å²) < 4.78 is 0. The summed E-state index contributed by atoms with van der Waals surface area (Å²) in [6, 6.07) is 4.60. The zero-order chi connectivity index (χ0) is 13.0. The van der Waals surface area contributed by atoms with Crippen LogP contribution in [0.25, 0.3) is 0 Å². The number of rotatable bonds is 5. The maximum Gasteiger partial charge on any atom is 0.273 e. The van der Waals surface area contributed by atoms with Gasteiger partial charge < -0.3 is 16.0 Å². The first-order valence-corrected chi connectivity index (χ1v) is 6.16. The lowest BCUT2D eigenvalue weighted by molar-refractivity contribution is -0.384. The van der Waals surface area contributed by atoms with E-state index in [1.54, 1.807) is 6.07 Å². The van der Waals surface area contributed by atoms with Crippen molar-refractivity contribution in [3.05, 3.63) is 28.3 Å². The smallest absolute Gasteiger partial charge is 0.273 e. The Morgan fingerprint density at radius 3 is 2.72 bits per heavy atom. The second-order valence-electron chi connectivity index (χ2n) is 4.55. The summed E-state index contributed by atoms with van der Waals surface area (Å²) in [6.07, 6.45) is 2.54. The molecule has 3 N–H and O–H groups in total. The Kier molecular flexibility index (Phi) is 3.99. The number of nitro groups is 1. The molecular weight excluding hydrogens is 232 g/mol. The molecule has 0 atom stereocenters. The van der Waals surface area contributed by atoms with Gasteiger partial charge >= 0.3 is 0 Å². The van der Waals surface area contributed by atoms with E-state index in [4.69, 9.17) is 5.73 Å². The van der Waals surface area contributed by atoms with Crippen LogP contribution in [0.3, 0.4) is 0 Å². The predicted molar refractivity (Wildman–Crippen MR) is 71.7 cm³/mol. The number of nitrogens with one attached hydrogen (secondary N) is 1. The molecule has 1 fully saturated rings. The number of nitrogen functional groups attached to an aromatic ring is 1. The Morgan fingerprint density at radius 1 is 1.33 bits per heavy atom. The highest BCUT2D eigenvalue weighted by Crippen LogP contribution is 2.22. The van der Waals surface area contributed by atoms with Gasteiger partial charge in [-0.15, -0.1) is 0 Å². The van der Waals surface area contributed by atoms with Crippen molar-refractivity contribution in [1.29, 1.82) is 0 Å². The fraction of sp³-hybridized carbons (Fsp3) is 0.500. The summed E-state index contributed by atoms with van der Waals surface area (Å²) in [4.78, 5) is 12.7. The summed E-state index contributed by atoms with van der Waals surface area (Å²) in [5, 5.41) is 13.9. The van der Waals surface area contributed by atoms with Gasteiger partial charge in [-0.25, -0.2) is 0 Å². The van der Waals surface area contributed by atoms with Crippen LogP contribution >= 0.6 is 0 Å². The first kappa shape index (κ1) is 12.6. The average molecular weight is 250 g/mol. The Labute approximate surface area is 106 Å². The summed E-state index contributed by atoms with van der Waals surface area (Å²) in [5.41, 5.74) is 6.78. The van der Waals surface area contributed by atoms with Crippen molar-refractivity contribution in [3.8, 4) is 0 Å². The monoisotopic (exact) mass is 250 g/mol. The van der Waals surface area contributed by atoms with Crippen molar-refractivity contribution in [2.24, 2.45) is 0 Å². The SMILES string of the molecule is Nc1cc(NCCN2CCCC2)cc([N+](=O)[O-])c1. The van der Waals surface area contributed by atoms with E-state index in [2.05, 4.69) is 10.2 Å². The Morgan fingerprint density at radius 2 is 2.06 bits per heavy atom. The van der Waals surface area contributed by atoms with Gasteiger partial charge in [0.05, 0.1) is 4.92 Å². The minimum atomic E-state index is -0.429. The van der Waals surface area contributed by atoms with Gasteiger partial charge in [0.2, 0.25) is 0 Å². The highest BCUT2D eigenvalue weighted by molar-refractivity contribution is 5.61. The summed E-state index contributed by atoms with van der Waals surface area (Å²) >= 11 is 0. The Balaban J connectivity index is 1.89. The number of likely N-dealkylation sites (tertiary alicyclic amines) is 1. The molecule has 1 saturated heterocycles. The molecule has 1 aliphatic rings. The molecule has 0 spiro atoms. The molecule has 0 unspecified atom stereocenters. The molecule has 1 heterocycles. The van der Waals surface area contributed by atoms with E-state index in [-0.39, 0.29) is 5.69 Å². The highest BCUT2D eigenvalue weighted by atomic mass is 16.6. The van der Waals surface area contributed by atoms with E-state index in [1.165, 1.54) is 25.0 Å². The maximum atomic E-state index is 10.7. The van der Waals surface area contributed by atoms with Gasteiger partial charge in [-0.1, -0.05) is 0 Å². The van der Waals surface area contributed by atoms with Crippen LogP contribution < -0.4 is 11.1 Å². The third-order valence-corrected chi connectivity index (χ3v) is 3.11. The molecule has 1 aromatic rings. The van der Waals surface area contributed by atoms with Crippen LogP contribution in [0.1, 0.15) is 12.8 Å². The minimum Gasteiger partial charge on any atom is -0.398 e. The molecular formula is C12H18N4O2. The number of non-ortho nitro benzene ring substituents is 1. The van der Waals surface area contributed by atoms with Crippen LogP contribution in [-0.4, -0.2) is 36.0 Å². The summed E-state index contributed by atoms with van der Waals surface area (Å²) in [7, 11) is 0. The molecule has 0 aliphatic carbocycles. The third kappa shape index (κ3) is 3.33. The van der Waals surface area contributed by atoms with E-state index in [9.17, 15) is 10.1 Å². The molecule has 2 rings (SSSR count). The number of hydrogen-bond acceptors (Lipinski definition) is 5. The zero-order valence-electron chi connectivity index (χ0n) is 10.3. The lowest BCUT2D eigenvalue weighted by Gasteiger charge is -2.15. The Hall–Kier alpha value is -1.82. The van der Waals surface area contributed by atoms with Crippen LogP contribution in [0, 0.1) is 10.1 Å². The van der Waals surface area contributed by atoms with Crippen LogP contribution in [-0.2, 0) is 0 Å². The number of benzene rings is 1. The standard InChI is InChI=1S/C12H18N4O2/c13-10-7-11(9-12(8-10)16(17)18)14-3-6-15-4-1-2-5-15/h7-9,14H,1-6,13H2. The molecule has 6 heteroatoms. The fourth-order valence-electron chi connectivity index (χ4n) is 2.21. The second-order valence-corrected chi connectivity index (χ2v) is 4.55. The number of nitrogens with zero attached hydrogens (tertiary/aromatic N) is 2. The number of anilines is 2. The fourth-order valence-corrected chi connectivity index (χ4v) is 2.21. The van der Waals surface area contributed by atoms with Crippen LogP contribution in [0.4, 0.5) is 17.1 Å². The van der Waals surface area contributed by atoms with E-state index >= 15 is 0 Å². The van der Waals surface area contributed by atoms with Crippen molar-refractivity contribution in [1.82, 2.24) is 4.90 Å². The molecule has 0 radical (unpaired) electrons. The van der Waals surface area contributed by atoms with E-state index < -0.39 is 4.92 Å². The van der Waals surface area contributed by atoms with Crippen molar-refractivity contribution in [3.63, 3.8) is 0 Å². The van der Waals surface area contributed by atoms with Crippen molar-refractivity contribution in [2.75, 3.05) is 37.2 Å². The first-order chi connectivity index (χ1) is 8.65. The molecule has 0 bridgehead atoms. The van der Waals surface area contributed by atoms with Crippen molar-refractivity contribution in [2.45, 2.75) is 12.8 Å². The molecule has 98 valence electrons. The van der Waals surface area contributed by atoms with Crippen LogP contribution in [0.5, 0.6) is 0 Å². The largest absolute Gasteiger partial charge is 0.398 e. The quantitative estimate of drug-likeness (QED) is 0.472. The van der Waals surface area contributed by atoms with Crippen molar-refractivity contribution >= 4 is 17.1 Å². The minimum absolute atomic E-state index is 0.0265. The van der Waals surface area contributed by atoms with E-state index in [0.29, 0.717) is 11.4 Å². The Bertz CT molecular complexity index is 430. The van der Waals surface area contributed by atoms with Crippen LogP contribution in [0.2, 0.25) is 0 Å². The van der Waals surface area contributed by atoms with Gasteiger partial charge in [-0.2, -0.15) is 0 Å². The van der Waals surface area contributed by atoms with Gasteiger partial charge in [0.25, 0.3) is 5.69 Å². The third-order valence-electron chi connectivity index (χ3n) is 3.11. The number of nitro benzene ring substituents is 1. The van der Waals surface area contributed by atoms with E-state index in [0.717, 1.165) is 26.2 Å². The molecule has 0 amide bonds. The van der Waals surface area contributed by atoms with Crippen molar-refractivity contribution < 1.29 is 4.92 Å². The number of hydrogen-bond donors (Lipinski definition) is 2. The van der Waals surface area contributed by atoms with Gasteiger partial charge in [0, 0.05) is 36.6 Å². The average Bonchev–Trinajstić information content (AvgIpc) is 2.81. The van der Waals surface area contributed by atoms with E-state index in [1.807, 2.05) is 0 Å². The van der Waals surface area contributed by atoms with Gasteiger partial charge in [0.1, 0.15) is 0 Å². The zero-order valence-corrected chi connectivity index (χ0v) is 10.3. The molecule has 6 nitrogen and oxygen atoms in total. The molecule has 0 aromatic heterocycles. The molecule has 18 heavy (non-hydrogen) atoms. The molecule has 1 aromatic carbocycles. The molecule has 0 saturated carbocycles. The number of nitrogens with two attached hydrogens (primary N) is 1. The lowest BCUT2D eigenvalue weighted by atomic mass is 10.2. The maximum absolute atomic E-state index is 10.7. The lowest BCUT2D eigenvalue weighted by Crippen LogP contribution is -2.25. The summed E-state index contributed by atoms with van der Waals surface area (Å²) in [5.74, 6) is 0. The summed E-state index contributed by atoms with van der Waals surface area (Å²) in [6.45, 7) is 4.04. The molecule has 1 aliphatic heterocycles. The second kappa shape index (κ2) is 5.68. The topological polar surface area (TPSA) is 84.4 Å². The van der Waals surface area contributed by atoms with Gasteiger partial charge in [0.15, 0.2) is 0 Å². The highest BCUT2D eigenvalue weighted by Gasteiger charge is 2.11.